The Kier molecular flexibility index (Phi) is 3.06. The first-order valence-electron chi connectivity index (χ1n) is 5.06. The van der Waals surface area contributed by atoms with E-state index in [1.54, 1.807) is 0 Å². The molecule has 2 rings (SSSR count). The maximum absolute atomic E-state index is 5.64. The lowest BCUT2D eigenvalue weighted by Gasteiger charge is -2.12. The predicted molar refractivity (Wildman–Crippen MR) is 72.5 cm³/mol. The van der Waals surface area contributed by atoms with Gasteiger partial charge < -0.3 is 11.5 Å². The zero-order valence-electron chi connectivity index (χ0n) is 8.80. The Bertz CT molecular complexity index is 417. The molecule has 82 valence electrons. The lowest BCUT2D eigenvalue weighted by atomic mass is 10.0. The van der Waals surface area contributed by atoms with Gasteiger partial charge in [-0.3, -0.25) is 0 Å². The average molecular weight is 230 g/mol. The van der Waals surface area contributed by atoms with Gasteiger partial charge in [0, 0.05) is 11.4 Å². The highest BCUT2D eigenvalue weighted by atomic mass is 32.1. The summed E-state index contributed by atoms with van der Waals surface area (Å²) in [5.74, 6) is 0. The third kappa shape index (κ3) is 2.31. The molecule has 2 aromatic rings. The molecule has 0 spiro atoms. The smallest absolute Gasteiger partial charge is 0.0516 e. The van der Waals surface area contributed by atoms with E-state index in [-0.39, 0.29) is 5.25 Å². The van der Waals surface area contributed by atoms with Crippen LogP contribution in [0.5, 0.6) is 0 Å². The summed E-state index contributed by atoms with van der Waals surface area (Å²) in [6, 6.07) is 15.5. The number of thiol groups is 1. The van der Waals surface area contributed by atoms with Crippen LogP contribution in [0.3, 0.4) is 0 Å². The van der Waals surface area contributed by atoms with Crippen molar-refractivity contribution in [3.05, 3.63) is 59.7 Å². The third-order valence-electron chi connectivity index (χ3n) is 2.50. The van der Waals surface area contributed by atoms with Crippen LogP contribution in [0.25, 0.3) is 0 Å². The van der Waals surface area contributed by atoms with Gasteiger partial charge in [-0.15, -0.1) is 0 Å². The standard InChI is InChI=1S/C13H14N2S/c14-11-5-1-9(2-6-11)13(16)10-3-7-12(15)8-4-10/h1-8,13,16H,14-15H2. The Morgan fingerprint density at radius 2 is 1.00 bits per heavy atom. The highest BCUT2D eigenvalue weighted by Gasteiger charge is 2.08. The van der Waals surface area contributed by atoms with E-state index in [0.29, 0.717) is 0 Å². The molecule has 0 saturated heterocycles. The number of nitrogen functional groups attached to an aromatic ring is 2. The molecule has 0 bridgehead atoms. The third-order valence-corrected chi connectivity index (χ3v) is 3.10. The van der Waals surface area contributed by atoms with Crippen LogP contribution in [0.2, 0.25) is 0 Å². The van der Waals surface area contributed by atoms with Crippen molar-refractivity contribution >= 4 is 24.0 Å². The van der Waals surface area contributed by atoms with Crippen molar-refractivity contribution in [3.63, 3.8) is 0 Å². The van der Waals surface area contributed by atoms with Crippen LogP contribution in [0.15, 0.2) is 48.5 Å². The molecular formula is C13H14N2S. The second-order valence-corrected chi connectivity index (χ2v) is 4.25. The molecule has 0 radical (unpaired) electrons. The minimum absolute atomic E-state index is 0.0567. The quantitative estimate of drug-likeness (QED) is 0.549. The summed E-state index contributed by atoms with van der Waals surface area (Å²) >= 11 is 4.60. The molecule has 3 heteroatoms. The van der Waals surface area contributed by atoms with Gasteiger partial charge in [0.25, 0.3) is 0 Å². The average Bonchev–Trinajstić information content (AvgIpc) is 2.30. The Morgan fingerprint density at radius 1 is 0.688 bits per heavy atom. The zero-order chi connectivity index (χ0) is 11.5. The van der Waals surface area contributed by atoms with Crippen LogP contribution in [0.4, 0.5) is 11.4 Å². The monoisotopic (exact) mass is 230 g/mol. The van der Waals surface area contributed by atoms with Crippen molar-refractivity contribution in [3.8, 4) is 0 Å². The van der Waals surface area contributed by atoms with Crippen molar-refractivity contribution in [1.82, 2.24) is 0 Å². The largest absolute Gasteiger partial charge is 0.399 e. The number of hydrogen-bond acceptors (Lipinski definition) is 3. The van der Waals surface area contributed by atoms with E-state index in [1.807, 2.05) is 48.5 Å². The summed E-state index contributed by atoms with van der Waals surface area (Å²) in [6.45, 7) is 0. The van der Waals surface area contributed by atoms with E-state index in [2.05, 4.69) is 12.6 Å². The Labute approximate surface area is 101 Å². The Balaban J connectivity index is 2.28. The van der Waals surface area contributed by atoms with E-state index in [4.69, 9.17) is 11.5 Å². The van der Waals surface area contributed by atoms with Gasteiger partial charge in [-0.2, -0.15) is 12.6 Å². The van der Waals surface area contributed by atoms with Crippen LogP contribution in [-0.2, 0) is 0 Å². The summed E-state index contributed by atoms with van der Waals surface area (Å²) in [5, 5.41) is 0.0567. The lowest BCUT2D eigenvalue weighted by molar-refractivity contribution is 1.17. The molecule has 0 unspecified atom stereocenters. The lowest BCUT2D eigenvalue weighted by Crippen LogP contribution is -1.94. The summed E-state index contributed by atoms with van der Waals surface area (Å²) in [5.41, 5.74) is 15.1. The molecule has 0 aliphatic carbocycles. The molecule has 0 aliphatic rings. The van der Waals surface area contributed by atoms with Gasteiger partial charge >= 0.3 is 0 Å². The molecule has 0 atom stereocenters. The predicted octanol–water partition coefficient (Wildman–Crippen LogP) is 2.87. The van der Waals surface area contributed by atoms with E-state index >= 15 is 0 Å². The van der Waals surface area contributed by atoms with Crippen LogP contribution in [0, 0.1) is 0 Å². The van der Waals surface area contributed by atoms with Gasteiger partial charge in [0.05, 0.1) is 5.25 Å². The molecule has 0 fully saturated rings. The molecular weight excluding hydrogens is 216 g/mol. The molecule has 2 nitrogen and oxygen atoms in total. The van der Waals surface area contributed by atoms with Crippen molar-refractivity contribution < 1.29 is 0 Å². The SMILES string of the molecule is Nc1ccc(C(S)c2ccc(N)cc2)cc1. The number of rotatable bonds is 2. The highest BCUT2D eigenvalue weighted by molar-refractivity contribution is 7.80. The normalized spacial score (nSPS) is 10.6. The highest BCUT2D eigenvalue weighted by Crippen LogP contribution is 2.28. The molecule has 4 N–H and O–H groups in total. The molecule has 16 heavy (non-hydrogen) atoms. The molecule has 0 amide bonds. The number of anilines is 2. The number of benzene rings is 2. The maximum atomic E-state index is 5.64. The van der Waals surface area contributed by atoms with Gasteiger partial charge in [0.1, 0.15) is 0 Å². The minimum Gasteiger partial charge on any atom is -0.399 e. The van der Waals surface area contributed by atoms with Gasteiger partial charge in [-0.05, 0) is 35.4 Å². The van der Waals surface area contributed by atoms with Crippen LogP contribution in [0.1, 0.15) is 16.4 Å². The van der Waals surface area contributed by atoms with E-state index in [1.165, 1.54) is 0 Å². The summed E-state index contributed by atoms with van der Waals surface area (Å²) in [7, 11) is 0. The number of hydrogen-bond donors (Lipinski definition) is 3. The summed E-state index contributed by atoms with van der Waals surface area (Å²) < 4.78 is 0. The molecule has 0 saturated carbocycles. The van der Waals surface area contributed by atoms with Gasteiger partial charge in [-0.25, -0.2) is 0 Å². The Morgan fingerprint density at radius 3 is 1.31 bits per heavy atom. The second kappa shape index (κ2) is 4.49. The van der Waals surface area contributed by atoms with Crippen molar-refractivity contribution in [1.29, 1.82) is 0 Å². The minimum atomic E-state index is 0.0567. The van der Waals surface area contributed by atoms with Crippen LogP contribution < -0.4 is 11.5 Å². The van der Waals surface area contributed by atoms with E-state index in [9.17, 15) is 0 Å². The first-order chi connectivity index (χ1) is 7.66. The van der Waals surface area contributed by atoms with E-state index < -0.39 is 0 Å². The van der Waals surface area contributed by atoms with Crippen LogP contribution in [-0.4, -0.2) is 0 Å². The fraction of sp³-hybridized carbons (Fsp3) is 0.0769. The second-order valence-electron chi connectivity index (χ2n) is 3.74. The van der Waals surface area contributed by atoms with Crippen molar-refractivity contribution in [2.75, 3.05) is 11.5 Å². The van der Waals surface area contributed by atoms with Crippen LogP contribution >= 0.6 is 12.6 Å². The molecule has 0 aliphatic heterocycles. The zero-order valence-corrected chi connectivity index (χ0v) is 9.69. The molecule has 2 aromatic carbocycles. The Hall–Kier alpha value is -1.61. The van der Waals surface area contributed by atoms with Crippen molar-refractivity contribution in [2.45, 2.75) is 5.25 Å². The summed E-state index contributed by atoms with van der Waals surface area (Å²) in [6.07, 6.45) is 0. The fourth-order valence-electron chi connectivity index (χ4n) is 1.55. The van der Waals surface area contributed by atoms with Gasteiger partial charge in [-0.1, -0.05) is 24.3 Å². The maximum Gasteiger partial charge on any atom is 0.0516 e. The number of nitrogens with two attached hydrogens (primary N) is 2. The van der Waals surface area contributed by atoms with E-state index in [0.717, 1.165) is 22.5 Å². The topological polar surface area (TPSA) is 52.0 Å². The molecule has 0 heterocycles. The molecule has 0 aromatic heterocycles. The van der Waals surface area contributed by atoms with Gasteiger partial charge in [0.2, 0.25) is 0 Å². The first kappa shape index (κ1) is 10.9. The first-order valence-corrected chi connectivity index (χ1v) is 5.57. The van der Waals surface area contributed by atoms with Crippen molar-refractivity contribution in [2.24, 2.45) is 0 Å². The summed E-state index contributed by atoms with van der Waals surface area (Å²) in [4.78, 5) is 0. The fourth-order valence-corrected chi connectivity index (χ4v) is 1.89. The van der Waals surface area contributed by atoms with Gasteiger partial charge in [0.15, 0.2) is 0 Å².